The summed E-state index contributed by atoms with van der Waals surface area (Å²) in [6.45, 7) is 5.83. The Morgan fingerprint density at radius 2 is 1.33 bits per heavy atom. The fraction of sp³-hybridized carbons (Fsp3) is 0.500. The molecule has 0 radical (unpaired) electrons. The van der Waals surface area contributed by atoms with E-state index in [-0.39, 0.29) is 20.5 Å². The van der Waals surface area contributed by atoms with Crippen molar-refractivity contribution < 1.29 is 28.7 Å². The van der Waals surface area contributed by atoms with Gasteiger partial charge in [0.1, 0.15) is 5.75 Å². The minimum Gasteiger partial charge on any atom is -0.464 e. The number of carbonyl (C=O) groups is 4. The molecule has 0 N–H and O–H groups in total. The molecule has 0 amide bonds. The molecular formula is C20H24O6S4. The Kier molecular flexibility index (Phi) is 10.3. The van der Waals surface area contributed by atoms with Gasteiger partial charge in [0, 0.05) is 38.7 Å². The summed E-state index contributed by atoms with van der Waals surface area (Å²) in [5.74, 6) is 0.889. The molecular weight excluding hydrogens is 464 g/mol. The molecule has 0 aliphatic carbocycles. The molecule has 6 nitrogen and oxygen atoms in total. The van der Waals surface area contributed by atoms with Gasteiger partial charge in [0.25, 0.3) is 0 Å². The van der Waals surface area contributed by atoms with Crippen molar-refractivity contribution in [1.82, 2.24) is 0 Å². The molecule has 1 aliphatic rings. The summed E-state index contributed by atoms with van der Waals surface area (Å²) in [7, 11) is 0. The summed E-state index contributed by atoms with van der Waals surface area (Å²) in [4.78, 5) is 47.6. The third kappa shape index (κ3) is 7.96. The van der Waals surface area contributed by atoms with E-state index in [0.29, 0.717) is 11.5 Å². The lowest BCUT2D eigenvalue weighted by Gasteiger charge is -2.44. The molecule has 2 rings (SSSR count). The second kappa shape index (κ2) is 12.2. The van der Waals surface area contributed by atoms with Crippen LogP contribution in [0.15, 0.2) is 30.3 Å². The van der Waals surface area contributed by atoms with E-state index in [2.05, 4.69) is 0 Å². The van der Waals surface area contributed by atoms with E-state index in [1.165, 1.54) is 27.7 Å². The fourth-order valence-corrected chi connectivity index (χ4v) is 7.36. The van der Waals surface area contributed by atoms with Crippen LogP contribution in [-0.4, -0.2) is 54.4 Å². The van der Waals surface area contributed by atoms with Gasteiger partial charge in [-0.1, -0.05) is 65.2 Å². The fourth-order valence-electron chi connectivity index (χ4n) is 2.92. The molecule has 0 spiro atoms. The molecule has 1 fully saturated rings. The van der Waals surface area contributed by atoms with Gasteiger partial charge in [-0.2, -0.15) is 0 Å². The standard InChI is InChI=1S/C20H24O6S4/c1-11(21)27-10-16-17(28-12(2)22)18(29-13(3)23)19(30-14(4)24)20(26-16)25-15-8-6-5-7-9-15/h5-9,16-20H,10H2,1-4H3/t16-,17-,18+,19-,20?/m1/s1. The third-order valence-electron chi connectivity index (χ3n) is 3.94. The van der Waals surface area contributed by atoms with Crippen molar-refractivity contribution in [2.75, 3.05) is 5.75 Å². The predicted molar refractivity (Wildman–Crippen MR) is 125 cm³/mol. The van der Waals surface area contributed by atoms with E-state index >= 15 is 0 Å². The van der Waals surface area contributed by atoms with E-state index in [4.69, 9.17) is 9.47 Å². The number of hydrogen-bond donors (Lipinski definition) is 0. The van der Waals surface area contributed by atoms with Crippen LogP contribution in [0.4, 0.5) is 0 Å². The van der Waals surface area contributed by atoms with Crippen LogP contribution in [0, 0.1) is 0 Å². The van der Waals surface area contributed by atoms with Gasteiger partial charge in [0.15, 0.2) is 20.5 Å². The van der Waals surface area contributed by atoms with Crippen LogP contribution in [0.2, 0.25) is 0 Å². The van der Waals surface area contributed by atoms with Crippen molar-refractivity contribution in [2.45, 2.75) is 55.8 Å². The Balaban J connectivity index is 2.42. The van der Waals surface area contributed by atoms with Crippen molar-refractivity contribution in [3.8, 4) is 5.75 Å². The van der Waals surface area contributed by atoms with Crippen LogP contribution in [0.3, 0.4) is 0 Å². The normalized spacial score (nSPS) is 26.1. The Bertz CT molecular complexity index is 772. The van der Waals surface area contributed by atoms with Crippen molar-refractivity contribution in [3.05, 3.63) is 30.3 Å². The maximum atomic E-state index is 12.0. The average molecular weight is 489 g/mol. The van der Waals surface area contributed by atoms with Crippen LogP contribution < -0.4 is 4.74 Å². The maximum absolute atomic E-state index is 12.0. The number of benzene rings is 1. The molecule has 1 saturated heterocycles. The number of carbonyl (C=O) groups excluding carboxylic acids is 4. The highest BCUT2D eigenvalue weighted by Gasteiger charge is 2.49. The minimum atomic E-state index is -0.820. The molecule has 1 aromatic rings. The smallest absolute Gasteiger partial charge is 0.213 e. The molecule has 1 unspecified atom stereocenters. The van der Waals surface area contributed by atoms with Crippen LogP contribution in [0.25, 0.3) is 0 Å². The van der Waals surface area contributed by atoms with Gasteiger partial charge in [-0.3, -0.25) is 19.2 Å². The maximum Gasteiger partial charge on any atom is 0.213 e. The summed E-state index contributed by atoms with van der Waals surface area (Å²) in [6, 6.07) is 9.06. The van der Waals surface area contributed by atoms with Crippen LogP contribution in [0.1, 0.15) is 27.7 Å². The van der Waals surface area contributed by atoms with Crippen molar-refractivity contribution >= 4 is 67.5 Å². The van der Waals surface area contributed by atoms with E-state index in [0.717, 1.165) is 47.0 Å². The molecule has 1 heterocycles. The quantitative estimate of drug-likeness (QED) is 0.561. The Labute approximate surface area is 193 Å². The summed E-state index contributed by atoms with van der Waals surface area (Å²) < 4.78 is 12.3. The number of thioether (sulfide) groups is 4. The van der Waals surface area contributed by atoms with Crippen LogP contribution >= 0.6 is 47.0 Å². The van der Waals surface area contributed by atoms with Crippen molar-refractivity contribution in [2.24, 2.45) is 0 Å². The lowest BCUT2D eigenvalue weighted by Crippen LogP contribution is -2.57. The SMILES string of the molecule is CC(=O)SC[C@H]1OC(Oc2ccccc2)[C@H](SC(C)=O)[C@@H](SC(C)=O)[C@@H]1SC(C)=O. The summed E-state index contributed by atoms with van der Waals surface area (Å²) in [5.41, 5.74) is 0. The first-order valence-corrected chi connectivity index (χ1v) is 12.8. The first kappa shape index (κ1) is 25.3. The lowest BCUT2D eigenvalue weighted by molar-refractivity contribution is -0.132. The van der Waals surface area contributed by atoms with Gasteiger partial charge in [-0.05, 0) is 12.1 Å². The predicted octanol–water partition coefficient (Wildman–Crippen LogP) is 4.01. The largest absolute Gasteiger partial charge is 0.464 e. The molecule has 5 atom stereocenters. The highest BCUT2D eigenvalue weighted by Crippen LogP contribution is 2.44. The molecule has 1 aromatic carbocycles. The highest BCUT2D eigenvalue weighted by molar-refractivity contribution is 8.19. The number of rotatable bonds is 7. The molecule has 164 valence electrons. The van der Waals surface area contributed by atoms with Gasteiger partial charge in [0.05, 0.1) is 16.6 Å². The Morgan fingerprint density at radius 1 is 0.800 bits per heavy atom. The molecule has 0 saturated carbocycles. The first-order chi connectivity index (χ1) is 14.2. The molecule has 0 aromatic heterocycles. The van der Waals surface area contributed by atoms with Crippen LogP contribution in [-0.2, 0) is 23.9 Å². The van der Waals surface area contributed by atoms with E-state index in [1.54, 1.807) is 12.1 Å². The summed E-state index contributed by atoms with van der Waals surface area (Å²) in [6.07, 6.45) is -1.33. The number of para-hydroxylation sites is 1. The third-order valence-corrected chi connectivity index (χ3v) is 8.70. The van der Waals surface area contributed by atoms with Crippen LogP contribution in [0.5, 0.6) is 5.75 Å². The van der Waals surface area contributed by atoms with E-state index in [1.807, 2.05) is 18.2 Å². The van der Waals surface area contributed by atoms with Gasteiger partial charge in [-0.15, -0.1) is 0 Å². The lowest BCUT2D eigenvalue weighted by atomic mass is 10.1. The zero-order valence-electron chi connectivity index (χ0n) is 17.1. The summed E-state index contributed by atoms with van der Waals surface area (Å²) in [5, 5.41) is -1.77. The van der Waals surface area contributed by atoms with E-state index < -0.39 is 28.1 Å². The molecule has 0 bridgehead atoms. The molecule has 1 aliphatic heterocycles. The first-order valence-electron chi connectivity index (χ1n) is 9.19. The molecule has 10 heteroatoms. The summed E-state index contributed by atoms with van der Waals surface area (Å²) >= 11 is 4.32. The second-order valence-corrected chi connectivity index (χ2v) is 11.8. The van der Waals surface area contributed by atoms with Gasteiger partial charge < -0.3 is 9.47 Å². The monoisotopic (exact) mass is 488 g/mol. The van der Waals surface area contributed by atoms with E-state index in [9.17, 15) is 19.2 Å². The Morgan fingerprint density at radius 3 is 1.87 bits per heavy atom. The zero-order valence-corrected chi connectivity index (χ0v) is 20.3. The van der Waals surface area contributed by atoms with Gasteiger partial charge >= 0.3 is 0 Å². The highest BCUT2D eigenvalue weighted by atomic mass is 32.2. The Hall–Kier alpha value is -0.940. The van der Waals surface area contributed by atoms with Gasteiger partial charge in [0.2, 0.25) is 6.29 Å². The minimum absolute atomic E-state index is 0.0679. The number of ether oxygens (including phenoxy) is 2. The zero-order chi connectivity index (χ0) is 22.3. The number of hydrogen-bond acceptors (Lipinski definition) is 10. The topological polar surface area (TPSA) is 86.7 Å². The van der Waals surface area contributed by atoms with Crippen molar-refractivity contribution in [1.29, 1.82) is 0 Å². The van der Waals surface area contributed by atoms with Gasteiger partial charge in [-0.25, -0.2) is 0 Å². The second-order valence-electron chi connectivity index (χ2n) is 6.50. The van der Waals surface area contributed by atoms with Crippen molar-refractivity contribution in [3.63, 3.8) is 0 Å². The molecule has 30 heavy (non-hydrogen) atoms. The average Bonchev–Trinajstić information content (AvgIpc) is 2.64.